The van der Waals surface area contributed by atoms with E-state index in [4.69, 9.17) is 11.5 Å². The molecule has 0 saturated carbocycles. The molecule has 0 aromatic heterocycles. The lowest BCUT2D eigenvalue weighted by Gasteiger charge is -2.31. The zero-order chi connectivity index (χ0) is 42.9. The van der Waals surface area contributed by atoms with Crippen molar-refractivity contribution >= 4 is 101 Å². The molecule has 9 aromatic rings. The maximum atomic E-state index is 14.8. The van der Waals surface area contributed by atoms with Gasteiger partial charge in [-0.15, -0.1) is 0 Å². The Morgan fingerprint density at radius 1 is 0.371 bits per heavy atom. The first-order chi connectivity index (χ1) is 29.9. The molecule has 0 spiro atoms. The Hall–Kier alpha value is -9.04. The van der Waals surface area contributed by atoms with Crippen LogP contribution in [0.5, 0.6) is 0 Å². The van der Waals surface area contributed by atoms with E-state index in [-0.39, 0.29) is 33.6 Å². The number of nitrogen functional groups attached to an aromatic ring is 2. The molecule has 62 heavy (non-hydrogen) atoms. The second kappa shape index (κ2) is 12.7. The van der Waals surface area contributed by atoms with E-state index in [1.807, 2.05) is 0 Å². The zero-order valence-corrected chi connectivity index (χ0v) is 31.9. The number of carbonyl (C=O) groups excluding carboxylic acids is 4. The highest BCUT2D eigenvalue weighted by Gasteiger charge is 2.39. The van der Waals surface area contributed by atoms with E-state index in [0.29, 0.717) is 88.1 Å². The minimum Gasteiger partial charge on any atom is -0.399 e. The van der Waals surface area contributed by atoms with Gasteiger partial charge in [0.1, 0.15) is 0 Å². The Morgan fingerprint density at radius 3 is 1.05 bits per heavy atom. The van der Waals surface area contributed by atoms with Crippen molar-refractivity contribution in [2.75, 3.05) is 21.3 Å². The molecule has 2 aliphatic rings. The second-order valence-corrected chi connectivity index (χ2v) is 15.2. The summed E-state index contributed by atoms with van der Waals surface area (Å²) in [6.45, 7) is 0. The van der Waals surface area contributed by atoms with E-state index in [2.05, 4.69) is 0 Å². The molecule has 0 atom stereocenters. The largest absolute Gasteiger partial charge is 0.399 e. The summed E-state index contributed by atoms with van der Waals surface area (Å²) in [5.74, 6) is -2.36. The molecule has 0 radical (unpaired) electrons. The number of rotatable bonds is 6. The van der Waals surface area contributed by atoms with Gasteiger partial charge >= 0.3 is 0 Å². The Kier molecular flexibility index (Phi) is 7.41. The lowest BCUT2D eigenvalue weighted by Crippen LogP contribution is -2.40. The molecular weight excluding hydrogens is 789 g/mol. The highest BCUT2D eigenvalue weighted by atomic mass is 16.6. The monoisotopic (exact) mass is 814 g/mol. The number of carbonyl (C=O) groups is 4. The number of benzene rings is 9. The van der Waals surface area contributed by atoms with Crippen LogP contribution in [0.15, 0.2) is 133 Å². The van der Waals surface area contributed by atoms with Crippen molar-refractivity contribution in [3.8, 4) is 22.3 Å². The van der Waals surface area contributed by atoms with Crippen molar-refractivity contribution in [1.82, 2.24) is 0 Å². The number of anilines is 4. The minimum absolute atomic E-state index is 0.150. The third-order valence-electron chi connectivity index (χ3n) is 11.9. The number of imide groups is 2. The van der Waals surface area contributed by atoms with Crippen molar-refractivity contribution in [3.05, 3.63) is 176 Å². The highest BCUT2D eigenvalue weighted by molar-refractivity contribution is 6.47. The van der Waals surface area contributed by atoms with Crippen LogP contribution in [0.3, 0.4) is 0 Å². The van der Waals surface area contributed by atoms with Gasteiger partial charge in [-0.3, -0.25) is 39.4 Å². The zero-order valence-electron chi connectivity index (χ0n) is 31.9. The van der Waals surface area contributed by atoms with Crippen LogP contribution in [0.2, 0.25) is 0 Å². The standard InChI is InChI=1S/C48H26N6O8/c49-25-5-13-27(14-6-25)51-45(55)33-20-18-32-40-36(24-3-11-30(12-4-24)54(61)62)22-38-42-34(46(56)52(48(38)58)28-15-7-26(50)8-16-28)19-17-31(44(40)42)39-35(21-37(47(51)57)41(33)43(32)39)23-1-9-29(10-2-23)53(59)60/h1-22H,49-50H2. The summed E-state index contributed by atoms with van der Waals surface area (Å²) >= 11 is 0. The van der Waals surface area contributed by atoms with Crippen LogP contribution < -0.4 is 21.3 Å². The maximum Gasteiger partial charge on any atom is 0.269 e. The molecule has 11 rings (SSSR count). The fraction of sp³-hybridized carbons (Fsp3) is 0. The van der Waals surface area contributed by atoms with Crippen LogP contribution in [0.25, 0.3) is 65.3 Å². The molecule has 4 amide bonds. The number of hydrogen-bond acceptors (Lipinski definition) is 10. The van der Waals surface area contributed by atoms with E-state index in [9.17, 15) is 39.4 Å². The average Bonchev–Trinajstić information content (AvgIpc) is 3.28. The second-order valence-electron chi connectivity index (χ2n) is 15.2. The van der Waals surface area contributed by atoms with E-state index >= 15 is 0 Å². The molecule has 14 heteroatoms. The molecule has 4 N–H and O–H groups in total. The molecule has 0 saturated heterocycles. The van der Waals surface area contributed by atoms with Gasteiger partial charge in [-0.05, 0) is 152 Å². The first kappa shape index (κ1) is 36.1. The predicted molar refractivity (Wildman–Crippen MR) is 236 cm³/mol. The van der Waals surface area contributed by atoms with Gasteiger partial charge in [-0.1, -0.05) is 12.1 Å². The molecule has 14 nitrogen and oxygen atoms in total. The van der Waals surface area contributed by atoms with Crippen LogP contribution in [-0.2, 0) is 0 Å². The van der Waals surface area contributed by atoms with Gasteiger partial charge in [-0.25, -0.2) is 9.80 Å². The van der Waals surface area contributed by atoms with Crippen LogP contribution >= 0.6 is 0 Å². The number of amides is 4. The van der Waals surface area contributed by atoms with E-state index in [0.717, 1.165) is 9.80 Å². The number of hydrogen-bond donors (Lipinski definition) is 2. The summed E-state index contributed by atoms with van der Waals surface area (Å²) in [6, 6.07) is 34.7. The average molecular weight is 815 g/mol. The summed E-state index contributed by atoms with van der Waals surface area (Å²) in [5.41, 5.74) is 16.0. The van der Waals surface area contributed by atoms with Crippen LogP contribution in [0, 0.1) is 20.2 Å². The Balaban J connectivity index is 1.31. The first-order valence-electron chi connectivity index (χ1n) is 19.2. The van der Waals surface area contributed by atoms with E-state index in [1.54, 1.807) is 109 Å². The van der Waals surface area contributed by atoms with Crippen molar-refractivity contribution in [2.45, 2.75) is 0 Å². The van der Waals surface area contributed by atoms with Gasteiger partial charge in [-0.2, -0.15) is 0 Å². The molecular formula is C48H26N6O8. The molecule has 0 fully saturated rings. The van der Waals surface area contributed by atoms with Gasteiger partial charge in [0.2, 0.25) is 0 Å². The molecule has 0 bridgehead atoms. The molecule has 296 valence electrons. The topological polar surface area (TPSA) is 213 Å². The minimum atomic E-state index is -0.607. The summed E-state index contributed by atoms with van der Waals surface area (Å²) in [7, 11) is 0. The van der Waals surface area contributed by atoms with Crippen molar-refractivity contribution in [3.63, 3.8) is 0 Å². The van der Waals surface area contributed by atoms with Gasteiger partial charge in [0.15, 0.2) is 0 Å². The molecule has 2 heterocycles. The van der Waals surface area contributed by atoms with Gasteiger partial charge < -0.3 is 11.5 Å². The number of non-ortho nitro benzene ring substituents is 2. The number of nitro groups is 2. The smallest absolute Gasteiger partial charge is 0.269 e. The summed E-state index contributed by atoms with van der Waals surface area (Å²) in [4.78, 5) is 83.3. The predicted octanol–water partition coefficient (Wildman–Crippen LogP) is 9.65. The number of nitro benzene ring substituents is 2. The Morgan fingerprint density at radius 2 is 0.710 bits per heavy atom. The maximum absolute atomic E-state index is 14.8. The van der Waals surface area contributed by atoms with Crippen LogP contribution in [0.1, 0.15) is 41.4 Å². The Bertz CT molecular complexity index is 3310. The van der Waals surface area contributed by atoms with Crippen molar-refractivity contribution in [2.24, 2.45) is 0 Å². The van der Waals surface area contributed by atoms with Crippen molar-refractivity contribution < 1.29 is 29.0 Å². The first-order valence-corrected chi connectivity index (χ1v) is 19.2. The lowest BCUT2D eigenvalue weighted by molar-refractivity contribution is -0.385. The normalized spacial score (nSPS) is 13.6. The van der Waals surface area contributed by atoms with E-state index in [1.165, 1.54) is 24.3 Å². The highest BCUT2D eigenvalue weighted by Crippen LogP contribution is 2.52. The molecule has 0 unspecified atom stereocenters. The quantitative estimate of drug-likeness (QED) is 0.0405. The van der Waals surface area contributed by atoms with Gasteiger partial charge in [0.25, 0.3) is 35.0 Å². The van der Waals surface area contributed by atoms with Crippen LogP contribution in [-0.4, -0.2) is 33.5 Å². The van der Waals surface area contributed by atoms with Crippen LogP contribution in [0.4, 0.5) is 34.1 Å². The lowest BCUT2D eigenvalue weighted by atomic mass is 9.77. The Labute approximate surface area is 348 Å². The number of nitrogens with two attached hydrogens (primary N) is 2. The fourth-order valence-electron chi connectivity index (χ4n) is 9.16. The number of nitrogens with zero attached hydrogens (tertiary/aromatic N) is 4. The summed E-state index contributed by atoms with van der Waals surface area (Å²) in [6.07, 6.45) is 0. The summed E-state index contributed by atoms with van der Waals surface area (Å²) in [5, 5.41) is 27.6. The third-order valence-corrected chi connectivity index (χ3v) is 11.9. The third kappa shape index (κ3) is 4.91. The SMILES string of the molecule is Nc1ccc(N2C(=O)c3ccc4c5c(-c6ccc([N+](=O)[O-])cc6)cc6c7c(ccc(c8c(-c9ccc([N+](=O)[O-])cc9)cc(c3c48)C2=O)c75)C(=O)N(c2ccc(N)cc2)C6=O)cc1. The van der Waals surface area contributed by atoms with Gasteiger partial charge in [0, 0.05) is 68.7 Å². The molecule has 0 aliphatic carbocycles. The van der Waals surface area contributed by atoms with Crippen molar-refractivity contribution in [1.29, 1.82) is 0 Å². The molecule has 2 aliphatic heterocycles. The van der Waals surface area contributed by atoms with Gasteiger partial charge in [0.05, 0.1) is 21.2 Å². The molecule has 9 aromatic carbocycles. The number of fused-ring (bicyclic) bond motifs is 2. The summed E-state index contributed by atoms with van der Waals surface area (Å²) < 4.78 is 0. The van der Waals surface area contributed by atoms with E-state index < -0.39 is 33.5 Å². The fourth-order valence-corrected chi connectivity index (χ4v) is 9.16.